The average molecular weight is 396 g/mol. The van der Waals surface area contributed by atoms with E-state index < -0.39 is 6.36 Å². The van der Waals surface area contributed by atoms with Crippen LogP contribution in [0.1, 0.15) is 5.56 Å². The Kier molecular flexibility index (Phi) is 6.66. The molecular formula is C17H19F3N6O2. The van der Waals surface area contributed by atoms with Gasteiger partial charge in [-0.25, -0.2) is 11.0 Å². The summed E-state index contributed by atoms with van der Waals surface area (Å²) < 4.78 is 40.5. The van der Waals surface area contributed by atoms with Crippen LogP contribution in [-0.2, 0) is 4.79 Å². The third kappa shape index (κ3) is 6.36. The number of likely N-dealkylation sites (N-methyl/N-ethyl adjacent to an activating group) is 1. The number of anilines is 2. The van der Waals surface area contributed by atoms with Crippen LogP contribution in [0, 0.1) is 0 Å². The fourth-order valence-electron chi connectivity index (χ4n) is 2.16. The Labute approximate surface area is 158 Å². The Morgan fingerprint density at radius 3 is 2.43 bits per heavy atom. The zero-order valence-electron chi connectivity index (χ0n) is 14.8. The van der Waals surface area contributed by atoms with Crippen molar-refractivity contribution in [1.29, 1.82) is 0 Å². The summed E-state index contributed by atoms with van der Waals surface area (Å²) in [5.74, 6) is 5.01. The predicted octanol–water partition coefficient (Wildman–Crippen LogP) is 1.87. The first-order valence-corrected chi connectivity index (χ1v) is 7.97. The van der Waals surface area contributed by atoms with Crippen LogP contribution in [0.25, 0.3) is 0 Å². The molecule has 0 saturated carbocycles. The van der Waals surface area contributed by atoms with Crippen LogP contribution >= 0.6 is 0 Å². The van der Waals surface area contributed by atoms with E-state index in [-0.39, 0.29) is 24.0 Å². The summed E-state index contributed by atoms with van der Waals surface area (Å²) in [5.41, 5.74) is 7.51. The second-order valence-electron chi connectivity index (χ2n) is 5.50. The van der Waals surface area contributed by atoms with Gasteiger partial charge in [0.25, 0.3) is 0 Å². The molecule has 0 saturated heterocycles. The zero-order chi connectivity index (χ0) is 20.7. The highest BCUT2D eigenvalue weighted by Crippen LogP contribution is 2.26. The van der Waals surface area contributed by atoms with Crippen molar-refractivity contribution in [2.45, 2.75) is 6.36 Å². The quantitative estimate of drug-likeness (QED) is 0.246. The number of amidine groups is 1. The molecule has 2 aromatic carbocycles. The fraction of sp³-hybridized carbons (Fsp3) is 0.176. The molecule has 11 heteroatoms. The van der Waals surface area contributed by atoms with Crippen molar-refractivity contribution in [3.8, 4) is 5.75 Å². The molecule has 0 aromatic heterocycles. The number of ether oxygens (including phenoxy) is 1. The summed E-state index contributed by atoms with van der Waals surface area (Å²) in [6, 6.07) is 12.1. The van der Waals surface area contributed by atoms with Crippen molar-refractivity contribution in [1.82, 2.24) is 10.4 Å². The Hall–Kier alpha value is -3.47. The number of nitrogens with two attached hydrogens (primary N) is 2. The minimum Gasteiger partial charge on any atom is -0.406 e. The number of para-hydroxylation sites is 1. The van der Waals surface area contributed by atoms with Gasteiger partial charge >= 0.3 is 6.36 Å². The molecule has 0 fully saturated rings. The minimum atomic E-state index is -4.75. The van der Waals surface area contributed by atoms with Crippen LogP contribution in [0.4, 0.5) is 24.5 Å². The van der Waals surface area contributed by atoms with E-state index in [1.54, 1.807) is 24.3 Å². The van der Waals surface area contributed by atoms with Gasteiger partial charge in [0.1, 0.15) is 12.3 Å². The smallest absolute Gasteiger partial charge is 0.406 e. The lowest BCUT2D eigenvalue weighted by Crippen LogP contribution is -2.38. The maximum absolute atomic E-state index is 12.2. The van der Waals surface area contributed by atoms with Gasteiger partial charge in [-0.3, -0.25) is 4.79 Å². The van der Waals surface area contributed by atoms with E-state index in [9.17, 15) is 18.0 Å². The van der Waals surface area contributed by atoms with Crippen LogP contribution in [0.3, 0.4) is 0 Å². The van der Waals surface area contributed by atoms with E-state index in [1.807, 2.05) is 0 Å². The van der Waals surface area contributed by atoms with E-state index in [1.165, 1.54) is 31.3 Å². The lowest BCUT2D eigenvalue weighted by Gasteiger charge is -2.15. The van der Waals surface area contributed by atoms with Crippen molar-refractivity contribution in [3.05, 3.63) is 54.1 Å². The summed E-state index contributed by atoms with van der Waals surface area (Å²) in [4.78, 5) is 11.3. The normalized spacial score (nSPS) is 11.7. The average Bonchev–Trinajstić information content (AvgIpc) is 2.62. The van der Waals surface area contributed by atoms with Crippen LogP contribution in [0.5, 0.6) is 5.75 Å². The van der Waals surface area contributed by atoms with Gasteiger partial charge in [0.15, 0.2) is 5.84 Å². The lowest BCUT2D eigenvalue weighted by atomic mass is 10.1. The Balaban J connectivity index is 2.16. The molecule has 0 atom stereocenters. The van der Waals surface area contributed by atoms with Crippen LogP contribution in [0.15, 0.2) is 53.6 Å². The number of carbonyl (C=O) groups excluding carboxylic acids is 1. The van der Waals surface area contributed by atoms with Crippen LogP contribution in [0.2, 0.25) is 0 Å². The van der Waals surface area contributed by atoms with E-state index >= 15 is 0 Å². The van der Waals surface area contributed by atoms with Crippen molar-refractivity contribution >= 4 is 23.1 Å². The number of hydrazone groups is 1. The van der Waals surface area contributed by atoms with Gasteiger partial charge < -0.3 is 21.1 Å². The van der Waals surface area contributed by atoms with Crippen LogP contribution in [-0.4, -0.2) is 36.8 Å². The standard InChI is InChI=1S/C17H19F3N6O2/c1-23-15(27)10-26(22)25-16(21)13-4-2-3-5-14(13)24-11-6-8-12(9-7-11)28-17(18,19)20/h2-9,24H,10,22H2,1H3,(H2,21,25)(H,23,27). The number of alkyl halides is 3. The van der Waals surface area contributed by atoms with Gasteiger partial charge in [-0.05, 0) is 36.4 Å². The number of rotatable bonds is 7. The van der Waals surface area contributed by atoms with Crippen molar-refractivity contribution < 1.29 is 22.7 Å². The molecule has 0 aliphatic rings. The summed E-state index contributed by atoms with van der Waals surface area (Å²) in [6.45, 7) is -0.187. The van der Waals surface area contributed by atoms with E-state index in [0.29, 0.717) is 16.9 Å². The predicted molar refractivity (Wildman–Crippen MR) is 98.5 cm³/mol. The number of hydrogen-bond donors (Lipinski definition) is 4. The Morgan fingerprint density at radius 2 is 1.82 bits per heavy atom. The molecule has 0 heterocycles. The number of benzene rings is 2. The highest BCUT2D eigenvalue weighted by atomic mass is 19.4. The van der Waals surface area contributed by atoms with Crippen LogP contribution < -0.4 is 26.9 Å². The molecule has 6 N–H and O–H groups in total. The maximum Gasteiger partial charge on any atom is 0.573 e. The minimum absolute atomic E-state index is 0.0477. The molecule has 8 nitrogen and oxygen atoms in total. The van der Waals surface area contributed by atoms with Gasteiger partial charge in [-0.2, -0.15) is 0 Å². The van der Waals surface area contributed by atoms with Crippen molar-refractivity contribution in [2.24, 2.45) is 16.7 Å². The second-order valence-corrected chi connectivity index (χ2v) is 5.50. The number of halogens is 3. The lowest BCUT2D eigenvalue weighted by molar-refractivity contribution is -0.274. The molecule has 28 heavy (non-hydrogen) atoms. The van der Waals surface area contributed by atoms with E-state index in [4.69, 9.17) is 11.6 Å². The number of amides is 1. The van der Waals surface area contributed by atoms with Gasteiger partial charge in [0.2, 0.25) is 5.91 Å². The Morgan fingerprint density at radius 1 is 1.18 bits per heavy atom. The number of carbonyl (C=O) groups is 1. The molecule has 0 aliphatic carbocycles. The highest BCUT2D eigenvalue weighted by Gasteiger charge is 2.30. The summed E-state index contributed by atoms with van der Waals surface area (Å²) in [5, 5.41) is 10.3. The molecule has 0 radical (unpaired) electrons. The Bertz CT molecular complexity index is 840. The molecule has 2 aromatic rings. The zero-order valence-corrected chi connectivity index (χ0v) is 14.8. The van der Waals surface area contributed by atoms with Crippen molar-refractivity contribution in [2.75, 3.05) is 18.9 Å². The third-order valence-corrected chi connectivity index (χ3v) is 3.39. The van der Waals surface area contributed by atoms with Gasteiger partial charge in [0, 0.05) is 24.0 Å². The second kappa shape index (κ2) is 8.95. The topological polar surface area (TPSA) is 118 Å². The van der Waals surface area contributed by atoms with Gasteiger partial charge in [-0.15, -0.1) is 18.3 Å². The SMILES string of the molecule is CNC(=O)CN(N)/N=C(\N)c1ccccc1Nc1ccc(OC(F)(F)F)cc1. The molecule has 0 spiro atoms. The van der Waals surface area contributed by atoms with E-state index in [2.05, 4.69) is 20.5 Å². The monoisotopic (exact) mass is 396 g/mol. The molecule has 2 rings (SSSR count). The van der Waals surface area contributed by atoms with Gasteiger partial charge in [-0.1, -0.05) is 12.1 Å². The van der Waals surface area contributed by atoms with Crippen molar-refractivity contribution in [3.63, 3.8) is 0 Å². The largest absolute Gasteiger partial charge is 0.573 e. The number of nitrogens with zero attached hydrogens (tertiary/aromatic N) is 2. The number of hydrogen-bond acceptors (Lipinski definition) is 6. The molecule has 1 amide bonds. The number of nitrogens with one attached hydrogen (secondary N) is 2. The molecule has 0 aliphatic heterocycles. The first kappa shape index (κ1) is 20.8. The summed E-state index contributed by atoms with van der Waals surface area (Å²) in [6.07, 6.45) is -4.75. The maximum atomic E-state index is 12.2. The summed E-state index contributed by atoms with van der Waals surface area (Å²) in [7, 11) is 1.47. The molecule has 0 unspecified atom stereocenters. The summed E-state index contributed by atoms with van der Waals surface area (Å²) >= 11 is 0. The third-order valence-electron chi connectivity index (χ3n) is 3.39. The molecule has 150 valence electrons. The first-order chi connectivity index (χ1) is 13.2. The van der Waals surface area contributed by atoms with Gasteiger partial charge in [0.05, 0.1) is 0 Å². The van der Waals surface area contributed by atoms with E-state index in [0.717, 1.165) is 5.12 Å². The fourth-order valence-corrected chi connectivity index (χ4v) is 2.16. The number of hydrazine groups is 1. The molecule has 0 bridgehead atoms. The highest BCUT2D eigenvalue weighted by molar-refractivity contribution is 6.02. The first-order valence-electron chi connectivity index (χ1n) is 7.97. The molecular weight excluding hydrogens is 377 g/mol.